The average molecular weight is 326 g/mol. The number of nitrogens with zero attached hydrogens (tertiary/aromatic N) is 2. The Morgan fingerprint density at radius 1 is 1.21 bits per heavy atom. The van der Waals surface area contributed by atoms with Gasteiger partial charge < -0.3 is 10.2 Å². The van der Waals surface area contributed by atoms with Crippen LogP contribution in [0.15, 0.2) is 22.7 Å². The zero-order chi connectivity index (χ0) is 13.7. The first kappa shape index (κ1) is 14.8. The van der Waals surface area contributed by atoms with Gasteiger partial charge in [-0.25, -0.2) is 0 Å². The van der Waals surface area contributed by atoms with E-state index in [9.17, 15) is 0 Å². The summed E-state index contributed by atoms with van der Waals surface area (Å²) in [6.45, 7) is 9.02. The highest BCUT2D eigenvalue weighted by atomic mass is 79.9. The van der Waals surface area contributed by atoms with Gasteiger partial charge in [0.1, 0.15) is 0 Å². The molecule has 0 spiro atoms. The van der Waals surface area contributed by atoms with Crippen molar-refractivity contribution in [3.05, 3.63) is 28.2 Å². The fourth-order valence-electron chi connectivity index (χ4n) is 2.65. The lowest BCUT2D eigenvalue weighted by Crippen LogP contribution is -2.46. The Morgan fingerprint density at radius 2 is 1.95 bits per heavy atom. The predicted molar refractivity (Wildman–Crippen MR) is 85.8 cm³/mol. The molecule has 1 aromatic rings. The number of hydrogen-bond donors (Lipinski definition) is 1. The van der Waals surface area contributed by atoms with Gasteiger partial charge in [0.2, 0.25) is 0 Å². The van der Waals surface area contributed by atoms with Gasteiger partial charge >= 0.3 is 0 Å². The molecule has 1 aromatic carbocycles. The van der Waals surface area contributed by atoms with Crippen LogP contribution in [-0.4, -0.2) is 44.7 Å². The van der Waals surface area contributed by atoms with E-state index in [0.29, 0.717) is 0 Å². The summed E-state index contributed by atoms with van der Waals surface area (Å²) in [5.74, 6) is 0. The van der Waals surface area contributed by atoms with Gasteiger partial charge in [0.05, 0.1) is 5.69 Å². The quantitative estimate of drug-likeness (QED) is 0.898. The van der Waals surface area contributed by atoms with E-state index in [2.05, 4.69) is 56.2 Å². The standard InChI is InChI=1S/C15H24BrN3/c1-3-6-18-7-9-19(10-8-18)15-5-4-13(12-17-2)11-14(15)16/h4-5,11,17H,3,6-10,12H2,1-2H3. The Bertz CT molecular complexity index is 400. The van der Waals surface area contributed by atoms with Crippen LogP contribution in [0.2, 0.25) is 0 Å². The maximum atomic E-state index is 3.72. The molecular formula is C15H24BrN3. The molecule has 0 saturated carbocycles. The topological polar surface area (TPSA) is 18.5 Å². The van der Waals surface area contributed by atoms with Crippen LogP contribution in [0.1, 0.15) is 18.9 Å². The third kappa shape index (κ3) is 3.94. The second-order valence-electron chi connectivity index (χ2n) is 5.14. The minimum absolute atomic E-state index is 0.920. The summed E-state index contributed by atoms with van der Waals surface area (Å²) in [6.07, 6.45) is 1.25. The fourth-order valence-corrected chi connectivity index (χ4v) is 3.33. The molecule has 1 saturated heterocycles. The van der Waals surface area contributed by atoms with Crippen molar-refractivity contribution >= 4 is 21.6 Å². The first-order valence-electron chi connectivity index (χ1n) is 7.15. The third-order valence-corrected chi connectivity index (χ3v) is 4.28. The Kier molecular flexibility index (Phi) is 5.67. The molecule has 0 unspecified atom stereocenters. The molecule has 0 radical (unpaired) electrons. The molecule has 0 aliphatic carbocycles. The minimum Gasteiger partial charge on any atom is -0.368 e. The van der Waals surface area contributed by atoms with Crippen molar-refractivity contribution in [1.82, 2.24) is 10.2 Å². The summed E-state index contributed by atoms with van der Waals surface area (Å²) in [4.78, 5) is 5.04. The zero-order valence-corrected chi connectivity index (χ0v) is 13.5. The van der Waals surface area contributed by atoms with Crippen LogP contribution in [-0.2, 0) is 6.54 Å². The van der Waals surface area contributed by atoms with E-state index in [-0.39, 0.29) is 0 Å². The molecule has 0 amide bonds. The van der Waals surface area contributed by atoms with Gasteiger partial charge in [-0.05, 0) is 53.6 Å². The molecule has 0 aromatic heterocycles. The summed E-state index contributed by atoms with van der Waals surface area (Å²) in [6, 6.07) is 6.69. The minimum atomic E-state index is 0.920. The van der Waals surface area contributed by atoms with Crippen LogP contribution in [0, 0.1) is 0 Å². The lowest BCUT2D eigenvalue weighted by molar-refractivity contribution is 0.258. The lowest BCUT2D eigenvalue weighted by atomic mass is 10.1. The number of anilines is 1. The zero-order valence-electron chi connectivity index (χ0n) is 12.0. The molecule has 4 heteroatoms. The Balaban J connectivity index is 1.99. The Morgan fingerprint density at radius 3 is 2.53 bits per heavy atom. The first-order valence-corrected chi connectivity index (χ1v) is 7.94. The monoisotopic (exact) mass is 325 g/mol. The highest BCUT2D eigenvalue weighted by Crippen LogP contribution is 2.28. The van der Waals surface area contributed by atoms with Gasteiger partial charge in [-0.15, -0.1) is 0 Å². The molecule has 1 heterocycles. The van der Waals surface area contributed by atoms with Crippen LogP contribution >= 0.6 is 15.9 Å². The summed E-state index contributed by atoms with van der Waals surface area (Å²) < 4.78 is 1.21. The Hall–Kier alpha value is -0.580. The first-order chi connectivity index (χ1) is 9.24. The highest BCUT2D eigenvalue weighted by molar-refractivity contribution is 9.10. The molecule has 1 fully saturated rings. The van der Waals surface area contributed by atoms with Crippen molar-refractivity contribution in [1.29, 1.82) is 0 Å². The van der Waals surface area contributed by atoms with E-state index in [4.69, 9.17) is 0 Å². The van der Waals surface area contributed by atoms with Crippen LogP contribution < -0.4 is 10.2 Å². The van der Waals surface area contributed by atoms with Crippen LogP contribution in [0.4, 0.5) is 5.69 Å². The van der Waals surface area contributed by atoms with Crippen molar-refractivity contribution in [3.8, 4) is 0 Å². The van der Waals surface area contributed by atoms with Gasteiger partial charge in [-0.3, -0.25) is 4.90 Å². The molecule has 106 valence electrons. The number of rotatable bonds is 5. The van der Waals surface area contributed by atoms with Crippen molar-refractivity contribution in [2.75, 3.05) is 44.7 Å². The third-order valence-electron chi connectivity index (χ3n) is 3.65. The SMILES string of the molecule is CCCN1CCN(c2ccc(CNC)cc2Br)CC1. The predicted octanol–water partition coefficient (Wildman–Crippen LogP) is 2.70. The Labute approximate surface area is 125 Å². The van der Waals surface area contributed by atoms with E-state index < -0.39 is 0 Å². The summed E-state index contributed by atoms with van der Waals surface area (Å²) in [7, 11) is 1.98. The van der Waals surface area contributed by atoms with E-state index in [1.807, 2.05) is 7.05 Å². The second-order valence-corrected chi connectivity index (χ2v) is 6.00. The fraction of sp³-hybridized carbons (Fsp3) is 0.600. The second kappa shape index (κ2) is 7.27. The number of hydrogen-bond acceptors (Lipinski definition) is 3. The van der Waals surface area contributed by atoms with Gasteiger partial charge in [-0.2, -0.15) is 0 Å². The van der Waals surface area contributed by atoms with Crippen LogP contribution in [0.5, 0.6) is 0 Å². The highest BCUT2D eigenvalue weighted by Gasteiger charge is 2.18. The van der Waals surface area contributed by atoms with Gasteiger partial charge in [0.15, 0.2) is 0 Å². The van der Waals surface area contributed by atoms with Gasteiger partial charge in [0, 0.05) is 37.2 Å². The maximum absolute atomic E-state index is 3.72. The van der Waals surface area contributed by atoms with Crippen LogP contribution in [0.25, 0.3) is 0 Å². The molecule has 1 aliphatic heterocycles. The van der Waals surface area contributed by atoms with Crippen LogP contribution in [0.3, 0.4) is 0 Å². The molecule has 1 aliphatic rings. The molecule has 1 N–H and O–H groups in total. The summed E-state index contributed by atoms with van der Waals surface area (Å²) in [5.41, 5.74) is 2.65. The molecule has 19 heavy (non-hydrogen) atoms. The van der Waals surface area contributed by atoms with Gasteiger partial charge in [0.25, 0.3) is 0 Å². The summed E-state index contributed by atoms with van der Waals surface area (Å²) >= 11 is 3.72. The normalized spacial score (nSPS) is 16.9. The average Bonchev–Trinajstić information content (AvgIpc) is 2.41. The molecular weight excluding hydrogens is 302 g/mol. The number of halogens is 1. The number of nitrogens with one attached hydrogen (secondary N) is 1. The van der Waals surface area contributed by atoms with E-state index >= 15 is 0 Å². The maximum Gasteiger partial charge on any atom is 0.0511 e. The molecule has 0 atom stereocenters. The molecule has 2 rings (SSSR count). The van der Waals surface area contributed by atoms with E-state index in [1.54, 1.807) is 0 Å². The van der Waals surface area contributed by atoms with E-state index in [1.165, 1.54) is 41.8 Å². The van der Waals surface area contributed by atoms with Gasteiger partial charge in [-0.1, -0.05) is 13.0 Å². The molecule has 0 bridgehead atoms. The largest absolute Gasteiger partial charge is 0.368 e. The van der Waals surface area contributed by atoms with Crippen molar-refractivity contribution in [3.63, 3.8) is 0 Å². The van der Waals surface area contributed by atoms with Crippen molar-refractivity contribution in [2.45, 2.75) is 19.9 Å². The number of piperazine rings is 1. The molecule has 3 nitrogen and oxygen atoms in total. The lowest BCUT2D eigenvalue weighted by Gasteiger charge is -2.36. The van der Waals surface area contributed by atoms with Crippen molar-refractivity contribution < 1.29 is 0 Å². The smallest absolute Gasteiger partial charge is 0.0511 e. The summed E-state index contributed by atoms with van der Waals surface area (Å²) in [5, 5.41) is 3.19. The number of benzene rings is 1. The van der Waals surface area contributed by atoms with E-state index in [0.717, 1.165) is 19.6 Å². The van der Waals surface area contributed by atoms with Crippen molar-refractivity contribution in [2.24, 2.45) is 0 Å².